The molecule has 3 aromatic rings. The summed E-state index contributed by atoms with van der Waals surface area (Å²) >= 11 is 0. The van der Waals surface area contributed by atoms with Crippen LogP contribution in [0.1, 0.15) is 67.7 Å². The highest BCUT2D eigenvalue weighted by Gasteiger charge is 2.23. The summed E-state index contributed by atoms with van der Waals surface area (Å²) in [6, 6.07) is 11.1. The first-order chi connectivity index (χ1) is 15.0. The molecule has 1 N–H and O–H groups in total. The average Bonchev–Trinajstić information content (AvgIpc) is 3.24. The van der Waals surface area contributed by atoms with E-state index in [9.17, 15) is 4.79 Å². The lowest BCUT2D eigenvalue weighted by molar-refractivity contribution is 0.0938. The van der Waals surface area contributed by atoms with Gasteiger partial charge in [0.1, 0.15) is 0 Å². The van der Waals surface area contributed by atoms with Crippen LogP contribution in [0.25, 0.3) is 5.82 Å². The second-order valence-electron chi connectivity index (χ2n) is 7.65. The maximum Gasteiger partial charge on any atom is 0.255 e. The van der Waals surface area contributed by atoms with Gasteiger partial charge < -0.3 is 14.8 Å². The number of pyridine rings is 1. The Labute approximate surface area is 183 Å². The zero-order chi connectivity index (χ0) is 22.4. The van der Waals surface area contributed by atoms with Crippen LogP contribution in [-0.2, 0) is 0 Å². The molecule has 31 heavy (non-hydrogen) atoms. The van der Waals surface area contributed by atoms with Gasteiger partial charge in [-0.05, 0) is 49.1 Å². The summed E-state index contributed by atoms with van der Waals surface area (Å²) in [5.74, 6) is 1.95. The summed E-state index contributed by atoms with van der Waals surface area (Å²) in [6.07, 6.45) is 4.24. The third-order valence-corrected chi connectivity index (χ3v) is 4.96. The monoisotopic (exact) mass is 422 g/mol. The molecule has 0 fully saturated rings. The summed E-state index contributed by atoms with van der Waals surface area (Å²) in [5.41, 5.74) is 2.30. The molecule has 0 saturated heterocycles. The number of ether oxygens (including phenoxy) is 2. The van der Waals surface area contributed by atoms with Crippen molar-refractivity contribution >= 4 is 5.91 Å². The van der Waals surface area contributed by atoms with Crippen LogP contribution in [0.4, 0.5) is 0 Å². The number of hydrogen-bond acceptors (Lipinski definition) is 5. The SMILES string of the molecule is CCCOc1ccc(C(C)NC(=O)c2cnn(-c3ccccn3)c2C(C)C)cc1OC. The smallest absolute Gasteiger partial charge is 0.255 e. The summed E-state index contributed by atoms with van der Waals surface area (Å²) < 4.78 is 12.9. The quantitative estimate of drug-likeness (QED) is 0.542. The van der Waals surface area contributed by atoms with Crippen molar-refractivity contribution in [3.8, 4) is 17.3 Å². The Balaban J connectivity index is 1.82. The molecule has 1 aromatic carbocycles. The van der Waals surface area contributed by atoms with Crippen molar-refractivity contribution in [3.05, 3.63) is 65.6 Å². The van der Waals surface area contributed by atoms with Crippen LogP contribution in [-0.4, -0.2) is 34.4 Å². The van der Waals surface area contributed by atoms with Crippen molar-refractivity contribution in [2.24, 2.45) is 0 Å². The van der Waals surface area contributed by atoms with Gasteiger partial charge in [0, 0.05) is 6.20 Å². The number of nitrogens with one attached hydrogen (secondary N) is 1. The Morgan fingerprint density at radius 3 is 2.61 bits per heavy atom. The molecule has 1 unspecified atom stereocenters. The molecule has 0 aliphatic heterocycles. The molecule has 0 radical (unpaired) electrons. The van der Waals surface area contributed by atoms with E-state index in [1.165, 1.54) is 0 Å². The second-order valence-corrected chi connectivity index (χ2v) is 7.65. The molecule has 0 aliphatic rings. The van der Waals surface area contributed by atoms with E-state index in [1.54, 1.807) is 24.2 Å². The molecule has 1 amide bonds. The van der Waals surface area contributed by atoms with Crippen molar-refractivity contribution in [3.63, 3.8) is 0 Å². The third kappa shape index (κ3) is 5.05. The molecule has 1 atom stereocenters. The summed E-state index contributed by atoms with van der Waals surface area (Å²) in [7, 11) is 1.61. The van der Waals surface area contributed by atoms with Crippen LogP contribution in [0.3, 0.4) is 0 Å². The van der Waals surface area contributed by atoms with E-state index >= 15 is 0 Å². The highest BCUT2D eigenvalue weighted by molar-refractivity contribution is 5.95. The minimum atomic E-state index is -0.222. The molecule has 0 spiro atoms. The van der Waals surface area contributed by atoms with Gasteiger partial charge in [-0.25, -0.2) is 9.67 Å². The van der Waals surface area contributed by atoms with E-state index in [1.807, 2.05) is 57.2 Å². The molecular formula is C24H30N4O3. The van der Waals surface area contributed by atoms with Gasteiger partial charge in [0.2, 0.25) is 0 Å². The van der Waals surface area contributed by atoms with Crippen LogP contribution < -0.4 is 14.8 Å². The number of aromatic nitrogens is 3. The van der Waals surface area contributed by atoms with Gasteiger partial charge in [0.25, 0.3) is 5.91 Å². The first kappa shape index (κ1) is 22.3. The van der Waals surface area contributed by atoms with Gasteiger partial charge in [-0.15, -0.1) is 0 Å². The van der Waals surface area contributed by atoms with Gasteiger partial charge in [-0.1, -0.05) is 32.9 Å². The maximum absolute atomic E-state index is 13.1. The lowest BCUT2D eigenvalue weighted by Crippen LogP contribution is -2.27. The largest absolute Gasteiger partial charge is 0.493 e. The molecule has 2 aromatic heterocycles. The van der Waals surface area contributed by atoms with E-state index in [2.05, 4.69) is 22.3 Å². The number of hydrogen-bond donors (Lipinski definition) is 1. The topological polar surface area (TPSA) is 78.3 Å². The van der Waals surface area contributed by atoms with Gasteiger partial charge in [0.05, 0.1) is 37.2 Å². The zero-order valence-corrected chi connectivity index (χ0v) is 18.8. The number of benzene rings is 1. The van der Waals surface area contributed by atoms with Gasteiger partial charge in [-0.2, -0.15) is 5.10 Å². The highest BCUT2D eigenvalue weighted by atomic mass is 16.5. The van der Waals surface area contributed by atoms with Crippen molar-refractivity contribution < 1.29 is 14.3 Å². The van der Waals surface area contributed by atoms with E-state index < -0.39 is 0 Å². The minimum Gasteiger partial charge on any atom is -0.493 e. The minimum absolute atomic E-state index is 0.0932. The lowest BCUT2D eigenvalue weighted by atomic mass is 10.0. The van der Waals surface area contributed by atoms with Crippen LogP contribution in [0.2, 0.25) is 0 Å². The number of nitrogens with zero attached hydrogens (tertiary/aromatic N) is 3. The Hall–Kier alpha value is -3.35. The van der Waals surface area contributed by atoms with E-state index in [0.29, 0.717) is 29.5 Å². The van der Waals surface area contributed by atoms with Crippen LogP contribution in [0, 0.1) is 0 Å². The first-order valence-electron chi connectivity index (χ1n) is 10.6. The third-order valence-electron chi connectivity index (χ3n) is 4.96. The predicted molar refractivity (Wildman–Crippen MR) is 120 cm³/mol. The molecule has 0 aliphatic carbocycles. The summed E-state index contributed by atoms with van der Waals surface area (Å²) in [4.78, 5) is 17.5. The van der Waals surface area contributed by atoms with Crippen LogP contribution in [0.15, 0.2) is 48.8 Å². The van der Waals surface area contributed by atoms with Gasteiger partial charge in [-0.3, -0.25) is 4.79 Å². The fraction of sp³-hybridized carbons (Fsp3) is 0.375. The Morgan fingerprint density at radius 1 is 1.16 bits per heavy atom. The molecule has 0 bridgehead atoms. The van der Waals surface area contributed by atoms with E-state index in [4.69, 9.17) is 9.47 Å². The van der Waals surface area contributed by atoms with Crippen molar-refractivity contribution in [2.45, 2.75) is 46.1 Å². The summed E-state index contributed by atoms with van der Waals surface area (Å²) in [5, 5.41) is 7.51. The fourth-order valence-electron chi connectivity index (χ4n) is 3.39. The van der Waals surface area contributed by atoms with Gasteiger partial charge >= 0.3 is 0 Å². The zero-order valence-electron chi connectivity index (χ0n) is 18.8. The van der Waals surface area contributed by atoms with Crippen LogP contribution in [0.5, 0.6) is 11.5 Å². The van der Waals surface area contributed by atoms with Crippen LogP contribution >= 0.6 is 0 Å². The molecule has 2 heterocycles. The average molecular weight is 423 g/mol. The number of methoxy groups -OCH3 is 1. The molecular weight excluding hydrogens is 392 g/mol. The Kier molecular flexibility index (Phi) is 7.28. The van der Waals surface area contributed by atoms with Crippen molar-refractivity contribution in [1.29, 1.82) is 0 Å². The second kappa shape index (κ2) is 10.1. The number of carbonyl (C=O) groups excluding carboxylic acids is 1. The highest BCUT2D eigenvalue weighted by Crippen LogP contribution is 2.31. The van der Waals surface area contributed by atoms with E-state index in [0.717, 1.165) is 17.7 Å². The maximum atomic E-state index is 13.1. The predicted octanol–water partition coefficient (Wildman–Crippen LogP) is 4.68. The fourth-order valence-corrected chi connectivity index (χ4v) is 3.39. The Morgan fingerprint density at radius 2 is 1.97 bits per heavy atom. The number of amides is 1. The van der Waals surface area contributed by atoms with Crippen molar-refractivity contribution in [2.75, 3.05) is 13.7 Å². The molecule has 7 heteroatoms. The lowest BCUT2D eigenvalue weighted by Gasteiger charge is -2.18. The molecule has 164 valence electrons. The summed E-state index contributed by atoms with van der Waals surface area (Å²) in [6.45, 7) is 8.70. The van der Waals surface area contributed by atoms with Crippen molar-refractivity contribution in [1.82, 2.24) is 20.1 Å². The van der Waals surface area contributed by atoms with Gasteiger partial charge in [0.15, 0.2) is 17.3 Å². The first-order valence-corrected chi connectivity index (χ1v) is 10.6. The Bertz CT molecular complexity index is 1010. The molecule has 3 rings (SSSR count). The number of carbonyl (C=O) groups is 1. The standard InChI is InChI=1S/C24H30N4O3/c1-6-13-31-20-11-10-18(14-21(20)30-5)17(4)27-24(29)19-15-26-28(23(19)16(2)3)22-9-7-8-12-25-22/h7-12,14-17H,6,13H2,1-5H3,(H,27,29). The van der Waals surface area contributed by atoms with E-state index in [-0.39, 0.29) is 17.9 Å². The number of rotatable bonds is 9. The normalized spacial score (nSPS) is 11.9. The molecule has 0 saturated carbocycles. The molecule has 7 nitrogen and oxygen atoms in total.